The van der Waals surface area contributed by atoms with E-state index in [1.807, 2.05) is 29.6 Å². The lowest BCUT2D eigenvalue weighted by molar-refractivity contribution is 0.0951. The molecule has 0 saturated heterocycles. The predicted octanol–water partition coefficient (Wildman–Crippen LogP) is 5.17. The highest BCUT2D eigenvalue weighted by Crippen LogP contribution is 2.24. The smallest absolute Gasteiger partial charge is 0.278 e. The van der Waals surface area contributed by atoms with Gasteiger partial charge in [0, 0.05) is 23.1 Å². The summed E-state index contributed by atoms with van der Waals surface area (Å²) in [6.45, 7) is 0.384. The molecule has 0 aliphatic heterocycles. The Morgan fingerprint density at radius 2 is 1.96 bits per heavy atom. The van der Waals surface area contributed by atoms with Crippen molar-refractivity contribution in [2.24, 2.45) is 0 Å². The van der Waals surface area contributed by atoms with Crippen LogP contribution < -0.4 is 10.1 Å². The van der Waals surface area contributed by atoms with Gasteiger partial charge in [-0.25, -0.2) is 4.98 Å². The van der Waals surface area contributed by atoms with Gasteiger partial charge in [-0.1, -0.05) is 46.7 Å². The summed E-state index contributed by atoms with van der Waals surface area (Å²) in [6.07, 6.45) is 1.69. The number of aromatic nitrogens is 1. The van der Waals surface area contributed by atoms with Crippen LogP contribution in [0, 0.1) is 0 Å². The van der Waals surface area contributed by atoms with Crippen molar-refractivity contribution in [3.8, 4) is 10.9 Å². The lowest BCUT2D eigenvalue weighted by atomic mass is 10.2. The molecule has 0 saturated carbocycles. The van der Waals surface area contributed by atoms with Crippen LogP contribution in [0.1, 0.15) is 15.9 Å². The third-order valence-electron chi connectivity index (χ3n) is 3.17. The van der Waals surface area contributed by atoms with Crippen LogP contribution in [-0.2, 0) is 6.54 Å². The highest BCUT2D eigenvalue weighted by Gasteiger charge is 2.10. The van der Waals surface area contributed by atoms with E-state index < -0.39 is 0 Å². The van der Waals surface area contributed by atoms with Crippen LogP contribution >= 0.6 is 34.5 Å². The van der Waals surface area contributed by atoms with Crippen LogP contribution in [0.2, 0.25) is 10.0 Å². The van der Waals surface area contributed by atoms with Crippen LogP contribution in [0.15, 0.2) is 54.0 Å². The number of carbonyl (C=O) groups is 1. The Morgan fingerprint density at radius 1 is 1.17 bits per heavy atom. The zero-order chi connectivity index (χ0) is 16.9. The fourth-order valence-corrected chi connectivity index (χ4v) is 2.99. The number of benzene rings is 2. The molecule has 2 aromatic carbocycles. The van der Waals surface area contributed by atoms with Gasteiger partial charge in [0.15, 0.2) is 0 Å². The number of nitrogens with one attached hydrogen (secondary N) is 1. The number of rotatable bonds is 5. The average molecular weight is 379 g/mol. The number of ether oxygens (including phenoxy) is 1. The molecule has 0 aliphatic rings. The molecule has 0 unspecified atom stereocenters. The first-order chi connectivity index (χ1) is 11.6. The largest absolute Gasteiger partial charge is 0.431 e. The summed E-state index contributed by atoms with van der Waals surface area (Å²) in [7, 11) is 0. The fraction of sp³-hybridized carbons (Fsp3) is 0.0588. The number of nitrogens with zero attached hydrogens (tertiary/aromatic N) is 1. The quantitative estimate of drug-likeness (QED) is 0.665. The third kappa shape index (κ3) is 4.26. The normalized spacial score (nSPS) is 10.4. The molecule has 1 heterocycles. The van der Waals surface area contributed by atoms with Crippen LogP contribution in [0.4, 0.5) is 0 Å². The van der Waals surface area contributed by atoms with Crippen LogP contribution in [0.3, 0.4) is 0 Å². The molecule has 0 aliphatic carbocycles. The highest BCUT2D eigenvalue weighted by atomic mass is 35.5. The van der Waals surface area contributed by atoms with E-state index in [1.54, 1.807) is 24.4 Å². The summed E-state index contributed by atoms with van der Waals surface area (Å²) in [4.78, 5) is 16.2. The topological polar surface area (TPSA) is 51.2 Å². The van der Waals surface area contributed by atoms with Crippen molar-refractivity contribution >= 4 is 40.4 Å². The minimum Gasteiger partial charge on any atom is -0.431 e. The molecule has 24 heavy (non-hydrogen) atoms. The maximum Gasteiger partial charge on any atom is 0.278 e. The van der Waals surface area contributed by atoms with Gasteiger partial charge in [-0.2, -0.15) is 0 Å². The first-order valence-corrected chi connectivity index (χ1v) is 8.65. The molecule has 0 radical (unpaired) electrons. The van der Waals surface area contributed by atoms with E-state index in [9.17, 15) is 4.79 Å². The Morgan fingerprint density at radius 3 is 2.62 bits per heavy atom. The Balaban J connectivity index is 1.59. The minimum absolute atomic E-state index is 0.250. The van der Waals surface area contributed by atoms with Crippen molar-refractivity contribution in [3.05, 3.63) is 75.2 Å². The van der Waals surface area contributed by atoms with Gasteiger partial charge in [0.2, 0.25) is 0 Å². The molecule has 0 bridgehead atoms. The molecule has 1 aromatic heterocycles. The van der Waals surface area contributed by atoms with Crippen molar-refractivity contribution in [1.82, 2.24) is 10.3 Å². The Labute approximate surface area is 153 Å². The van der Waals surface area contributed by atoms with Gasteiger partial charge in [0.1, 0.15) is 5.75 Å². The Bertz CT molecular complexity index is 836. The first kappa shape index (κ1) is 16.8. The van der Waals surface area contributed by atoms with Gasteiger partial charge in [0.25, 0.3) is 11.1 Å². The Hall–Kier alpha value is -2.08. The van der Waals surface area contributed by atoms with E-state index in [4.69, 9.17) is 27.9 Å². The van der Waals surface area contributed by atoms with E-state index in [0.717, 1.165) is 5.56 Å². The standard InChI is InChI=1S/C17H12Cl2N2O2S/c18-12-3-6-14(15(19)9-12)16(22)21-10-11-1-4-13(5-2-11)23-17-20-7-8-24-17/h1-9H,10H2,(H,21,22). The third-order valence-corrected chi connectivity index (χ3v) is 4.36. The highest BCUT2D eigenvalue weighted by molar-refractivity contribution is 7.11. The second kappa shape index (κ2) is 7.66. The number of carbonyl (C=O) groups excluding carboxylic acids is 1. The van der Waals surface area contributed by atoms with E-state index in [1.165, 1.54) is 11.3 Å². The Kier molecular flexibility index (Phi) is 5.35. The molecule has 1 N–H and O–H groups in total. The van der Waals surface area contributed by atoms with E-state index in [2.05, 4.69) is 10.3 Å². The lowest BCUT2D eigenvalue weighted by Gasteiger charge is -2.08. The summed E-state index contributed by atoms with van der Waals surface area (Å²) in [5.74, 6) is 0.445. The number of hydrogen-bond acceptors (Lipinski definition) is 4. The minimum atomic E-state index is -0.250. The summed E-state index contributed by atoms with van der Waals surface area (Å²) >= 11 is 13.3. The first-order valence-electron chi connectivity index (χ1n) is 7.01. The SMILES string of the molecule is O=C(NCc1ccc(Oc2nccs2)cc1)c1ccc(Cl)cc1Cl. The monoisotopic (exact) mass is 378 g/mol. The van der Waals surface area contributed by atoms with Gasteiger partial charge in [0.05, 0.1) is 10.6 Å². The van der Waals surface area contributed by atoms with Crippen molar-refractivity contribution in [3.63, 3.8) is 0 Å². The van der Waals surface area contributed by atoms with Crippen molar-refractivity contribution < 1.29 is 9.53 Å². The molecular weight excluding hydrogens is 367 g/mol. The van der Waals surface area contributed by atoms with Crippen LogP contribution in [0.25, 0.3) is 0 Å². The summed E-state index contributed by atoms with van der Waals surface area (Å²) in [5.41, 5.74) is 1.34. The van der Waals surface area contributed by atoms with Gasteiger partial charge in [-0.15, -0.1) is 0 Å². The van der Waals surface area contributed by atoms with Crippen molar-refractivity contribution in [2.75, 3.05) is 0 Å². The molecule has 4 nitrogen and oxygen atoms in total. The summed E-state index contributed by atoms with van der Waals surface area (Å²) < 4.78 is 5.59. The zero-order valence-electron chi connectivity index (χ0n) is 12.3. The zero-order valence-corrected chi connectivity index (χ0v) is 14.7. The van der Waals surface area contributed by atoms with Crippen LogP contribution in [0.5, 0.6) is 10.9 Å². The van der Waals surface area contributed by atoms with E-state index in [-0.39, 0.29) is 5.91 Å². The van der Waals surface area contributed by atoms with Gasteiger partial charge in [-0.05, 0) is 35.9 Å². The molecule has 7 heteroatoms. The molecule has 3 rings (SSSR count). The second-order valence-corrected chi connectivity index (χ2v) is 6.55. The second-order valence-electron chi connectivity index (χ2n) is 4.85. The van der Waals surface area contributed by atoms with E-state index in [0.29, 0.717) is 33.1 Å². The number of halogens is 2. The number of amides is 1. The van der Waals surface area contributed by atoms with E-state index >= 15 is 0 Å². The molecule has 0 fully saturated rings. The van der Waals surface area contributed by atoms with Gasteiger partial charge in [-0.3, -0.25) is 4.79 Å². The molecule has 3 aromatic rings. The average Bonchev–Trinajstić information content (AvgIpc) is 3.07. The predicted molar refractivity (Wildman–Crippen MR) is 96.3 cm³/mol. The van der Waals surface area contributed by atoms with Crippen LogP contribution in [-0.4, -0.2) is 10.9 Å². The fourth-order valence-electron chi connectivity index (χ4n) is 1.99. The number of thiazole rings is 1. The van der Waals surface area contributed by atoms with Crippen molar-refractivity contribution in [1.29, 1.82) is 0 Å². The molecule has 0 atom stereocenters. The number of hydrogen-bond donors (Lipinski definition) is 1. The maximum atomic E-state index is 12.2. The summed E-state index contributed by atoms with van der Waals surface area (Å²) in [6, 6.07) is 12.2. The molecule has 0 spiro atoms. The molecular formula is C17H12Cl2N2O2S. The maximum absolute atomic E-state index is 12.2. The lowest BCUT2D eigenvalue weighted by Crippen LogP contribution is -2.23. The summed E-state index contributed by atoms with van der Waals surface area (Å²) in [5, 5.41) is 6.08. The molecule has 122 valence electrons. The van der Waals surface area contributed by atoms with Gasteiger partial charge < -0.3 is 10.1 Å². The van der Waals surface area contributed by atoms with Crippen molar-refractivity contribution in [2.45, 2.75) is 6.54 Å². The van der Waals surface area contributed by atoms with Gasteiger partial charge >= 0.3 is 0 Å². The molecule has 1 amide bonds.